The molecule has 1 aliphatic carbocycles. The summed E-state index contributed by atoms with van der Waals surface area (Å²) < 4.78 is 5.42. The SMILES string of the molecule is CN[C@@H]1[C@H]2Cc3ccc(OC)cc3[C@]1(C)CCN2C. The molecule has 1 heterocycles. The molecular weight excluding hydrogens is 236 g/mol. The summed E-state index contributed by atoms with van der Waals surface area (Å²) in [5, 5.41) is 3.57. The van der Waals surface area contributed by atoms with Gasteiger partial charge in [0.1, 0.15) is 5.75 Å². The second-order valence-electron chi connectivity index (χ2n) is 6.21. The number of nitrogens with zero attached hydrogens (tertiary/aromatic N) is 1. The van der Waals surface area contributed by atoms with Crippen LogP contribution in [0.1, 0.15) is 24.5 Å². The van der Waals surface area contributed by atoms with E-state index >= 15 is 0 Å². The maximum atomic E-state index is 5.42. The summed E-state index contributed by atoms with van der Waals surface area (Å²) in [5.41, 5.74) is 3.19. The molecule has 2 bridgehead atoms. The second-order valence-corrected chi connectivity index (χ2v) is 6.21. The molecule has 1 aliphatic heterocycles. The van der Waals surface area contributed by atoms with Crippen LogP contribution >= 0.6 is 0 Å². The lowest BCUT2D eigenvalue weighted by Crippen LogP contribution is -2.65. The lowest BCUT2D eigenvalue weighted by molar-refractivity contribution is 0.0701. The minimum Gasteiger partial charge on any atom is -0.497 e. The minimum atomic E-state index is 0.216. The Morgan fingerprint density at radius 1 is 1.42 bits per heavy atom. The maximum Gasteiger partial charge on any atom is 0.119 e. The third-order valence-corrected chi connectivity index (χ3v) is 5.29. The third-order valence-electron chi connectivity index (χ3n) is 5.29. The van der Waals surface area contributed by atoms with Crippen molar-refractivity contribution in [3.8, 4) is 5.75 Å². The molecule has 0 spiro atoms. The highest BCUT2D eigenvalue weighted by Crippen LogP contribution is 2.45. The number of ether oxygens (including phenoxy) is 1. The summed E-state index contributed by atoms with van der Waals surface area (Å²) in [4.78, 5) is 2.51. The van der Waals surface area contributed by atoms with E-state index in [-0.39, 0.29) is 5.41 Å². The standard InChI is InChI=1S/C16H24N2O/c1-16-7-8-18(3)14(15(16)17-2)9-11-5-6-12(19-4)10-13(11)16/h5-6,10,14-15,17H,7-9H2,1-4H3/t14-,15-,16+/m1/s1. The van der Waals surface area contributed by atoms with Gasteiger partial charge in [0, 0.05) is 17.5 Å². The summed E-state index contributed by atoms with van der Waals surface area (Å²) in [5.74, 6) is 0.979. The van der Waals surface area contributed by atoms with Gasteiger partial charge in [-0.15, -0.1) is 0 Å². The maximum absolute atomic E-state index is 5.42. The van der Waals surface area contributed by atoms with Crippen LogP contribution in [0.3, 0.4) is 0 Å². The molecule has 0 amide bonds. The van der Waals surface area contributed by atoms with Gasteiger partial charge in [0.2, 0.25) is 0 Å². The van der Waals surface area contributed by atoms with Crippen LogP contribution in [0.5, 0.6) is 5.75 Å². The number of fused-ring (bicyclic) bond motifs is 4. The Labute approximate surface area is 115 Å². The smallest absolute Gasteiger partial charge is 0.119 e. The highest BCUT2D eigenvalue weighted by molar-refractivity contribution is 5.45. The molecule has 3 rings (SSSR count). The Kier molecular flexibility index (Phi) is 3.06. The number of benzene rings is 1. The third kappa shape index (κ3) is 1.79. The van der Waals surface area contributed by atoms with Crippen LogP contribution < -0.4 is 10.1 Å². The molecule has 104 valence electrons. The summed E-state index contributed by atoms with van der Waals surface area (Å²) in [7, 11) is 6.10. The Morgan fingerprint density at radius 3 is 2.89 bits per heavy atom. The van der Waals surface area contributed by atoms with Gasteiger partial charge in [-0.2, -0.15) is 0 Å². The van der Waals surface area contributed by atoms with E-state index in [0.717, 1.165) is 12.2 Å². The molecule has 0 aromatic heterocycles. The predicted molar refractivity (Wildman–Crippen MR) is 77.9 cm³/mol. The van der Waals surface area contributed by atoms with E-state index in [1.807, 2.05) is 0 Å². The van der Waals surface area contributed by atoms with Gasteiger partial charge in [0.15, 0.2) is 0 Å². The zero-order valence-corrected chi connectivity index (χ0v) is 12.4. The number of hydrogen-bond acceptors (Lipinski definition) is 3. The number of piperidine rings is 1. The average molecular weight is 260 g/mol. The molecule has 1 fully saturated rings. The number of likely N-dealkylation sites (tertiary alicyclic amines) is 1. The van der Waals surface area contributed by atoms with Gasteiger partial charge in [-0.05, 0) is 56.7 Å². The zero-order valence-electron chi connectivity index (χ0n) is 12.4. The Bertz CT molecular complexity index is 488. The molecule has 3 nitrogen and oxygen atoms in total. The second kappa shape index (κ2) is 4.50. The van der Waals surface area contributed by atoms with Gasteiger partial charge in [-0.1, -0.05) is 13.0 Å². The van der Waals surface area contributed by atoms with Crippen molar-refractivity contribution in [3.63, 3.8) is 0 Å². The monoisotopic (exact) mass is 260 g/mol. The molecule has 1 aromatic carbocycles. The lowest BCUT2D eigenvalue weighted by atomic mass is 9.62. The van der Waals surface area contributed by atoms with Crippen LogP contribution in [0.2, 0.25) is 0 Å². The van der Waals surface area contributed by atoms with E-state index in [1.165, 1.54) is 24.1 Å². The molecule has 2 aliphatic rings. The van der Waals surface area contributed by atoms with Crippen molar-refractivity contribution in [2.24, 2.45) is 0 Å². The molecule has 1 N–H and O–H groups in total. The number of rotatable bonds is 2. The van der Waals surface area contributed by atoms with Crippen molar-refractivity contribution in [1.29, 1.82) is 0 Å². The van der Waals surface area contributed by atoms with Gasteiger partial charge >= 0.3 is 0 Å². The molecule has 0 radical (unpaired) electrons. The van der Waals surface area contributed by atoms with Crippen molar-refractivity contribution >= 4 is 0 Å². The van der Waals surface area contributed by atoms with Crippen LogP contribution in [0.4, 0.5) is 0 Å². The van der Waals surface area contributed by atoms with E-state index in [2.05, 4.69) is 49.4 Å². The van der Waals surface area contributed by atoms with Crippen molar-refractivity contribution in [2.75, 3.05) is 27.7 Å². The van der Waals surface area contributed by atoms with Crippen molar-refractivity contribution in [3.05, 3.63) is 29.3 Å². The summed E-state index contributed by atoms with van der Waals surface area (Å²) in [6.07, 6.45) is 2.34. The number of hydrogen-bond donors (Lipinski definition) is 1. The summed E-state index contributed by atoms with van der Waals surface area (Å²) >= 11 is 0. The minimum absolute atomic E-state index is 0.216. The molecule has 3 heteroatoms. The van der Waals surface area contributed by atoms with Crippen LogP contribution in [0.25, 0.3) is 0 Å². The van der Waals surface area contributed by atoms with Crippen molar-refractivity contribution in [2.45, 2.75) is 37.3 Å². The molecule has 0 unspecified atom stereocenters. The Balaban J connectivity index is 2.13. The first kappa shape index (κ1) is 12.9. The van der Waals surface area contributed by atoms with Gasteiger partial charge in [-0.25, -0.2) is 0 Å². The number of likely N-dealkylation sites (N-methyl/N-ethyl adjacent to an activating group) is 2. The van der Waals surface area contributed by atoms with Crippen LogP contribution in [-0.2, 0) is 11.8 Å². The molecule has 3 atom stereocenters. The largest absolute Gasteiger partial charge is 0.497 e. The van der Waals surface area contributed by atoms with Crippen LogP contribution in [-0.4, -0.2) is 44.7 Å². The lowest BCUT2D eigenvalue weighted by Gasteiger charge is -2.54. The summed E-state index contributed by atoms with van der Waals surface area (Å²) in [6, 6.07) is 7.72. The van der Waals surface area contributed by atoms with Gasteiger partial charge in [0.05, 0.1) is 7.11 Å². The molecular formula is C16H24N2O. The Morgan fingerprint density at radius 2 is 2.21 bits per heavy atom. The van der Waals surface area contributed by atoms with Crippen LogP contribution in [0.15, 0.2) is 18.2 Å². The first-order valence-corrected chi connectivity index (χ1v) is 7.15. The quantitative estimate of drug-likeness (QED) is 0.877. The average Bonchev–Trinajstić information content (AvgIpc) is 2.43. The Hall–Kier alpha value is -1.06. The first-order valence-electron chi connectivity index (χ1n) is 7.15. The zero-order chi connectivity index (χ0) is 13.6. The van der Waals surface area contributed by atoms with E-state index in [0.29, 0.717) is 12.1 Å². The molecule has 19 heavy (non-hydrogen) atoms. The fourth-order valence-corrected chi connectivity index (χ4v) is 4.11. The molecule has 1 saturated heterocycles. The van der Waals surface area contributed by atoms with E-state index in [9.17, 15) is 0 Å². The number of methoxy groups -OCH3 is 1. The van der Waals surface area contributed by atoms with E-state index in [1.54, 1.807) is 7.11 Å². The first-order chi connectivity index (χ1) is 9.10. The fraction of sp³-hybridized carbons (Fsp3) is 0.625. The summed E-state index contributed by atoms with van der Waals surface area (Å²) in [6.45, 7) is 3.58. The van der Waals surface area contributed by atoms with Gasteiger partial charge < -0.3 is 15.0 Å². The van der Waals surface area contributed by atoms with Gasteiger partial charge in [-0.3, -0.25) is 0 Å². The topological polar surface area (TPSA) is 24.5 Å². The molecule has 1 aromatic rings. The van der Waals surface area contributed by atoms with E-state index < -0.39 is 0 Å². The normalized spacial score (nSPS) is 33.9. The van der Waals surface area contributed by atoms with E-state index in [4.69, 9.17) is 4.74 Å². The van der Waals surface area contributed by atoms with Crippen molar-refractivity contribution in [1.82, 2.24) is 10.2 Å². The highest BCUT2D eigenvalue weighted by atomic mass is 16.5. The molecule has 0 saturated carbocycles. The van der Waals surface area contributed by atoms with Gasteiger partial charge in [0.25, 0.3) is 0 Å². The fourth-order valence-electron chi connectivity index (χ4n) is 4.11. The number of nitrogens with one attached hydrogen (secondary N) is 1. The predicted octanol–water partition coefficient (Wildman–Crippen LogP) is 1.80. The van der Waals surface area contributed by atoms with Crippen molar-refractivity contribution < 1.29 is 4.74 Å². The van der Waals surface area contributed by atoms with Crippen LogP contribution in [0, 0.1) is 0 Å². The highest BCUT2D eigenvalue weighted by Gasteiger charge is 2.49.